The van der Waals surface area contributed by atoms with Crippen LogP contribution in [0.25, 0.3) is 5.57 Å². The molecule has 0 radical (unpaired) electrons. The summed E-state index contributed by atoms with van der Waals surface area (Å²) in [6, 6.07) is 6.50. The lowest BCUT2D eigenvalue weighted by Gasteiger charge is -2.20. The molecule has 0 saturated carbocycles. The van der Waals surface area contributed by atoms with Crippen LogP contribution in [0.3, 0.4) is 0 Å². The first-order chi connectivity index (χ1) is 8.83. The van der Waals surface area contributed by atoms with Crippen molar-refractivity contribution in [3.8, 4) is 0 Å². The van der Waals surface area contributed by atoms with Crippen molar-refractivity contribution in [2.75, 3.05) is 24.6 Å². The first-order valence-corrected chi connectivity index (χ1v) is 6.56. The van der Waals surface area contributed by atoms with E-state index in [9.17, 15) is 4.79 Å². The smallest absolute Gasteiger partial charge is 0.310 e. The lowest BCUT2D eigenvalue weighted by molar-refractivity contribution is -0.142. The number of fused-ring (bicyclic) bond motifs is 1. The highest BCUT2D eigenvalue weighted by molar-refractivity contribution is 5.93. The second-order valence-corrected chi connectivity index (χ2v) is 5.22. The molecule has 0 spiro atoms. The number of rotatable bonds is 0. The normalized spacial score (nSPS) is 21.3. The lowest BCUT2D eigenvalue weighted by Crippen LogP contribution is -2.22. The lowest BCUT2D eigenvalue weighted by atomic mass is 9.93. The average molecular weight is 241 g/mol. The topological polar surface area (TPSA) is 29.5 Å². The first kappa shape index (κ1) is 10.2. The summed E-state index contributed by atoms with van der Waals surface area (Å²) in [5.41, 5.74) is 6.62. The Kier molecular flexibility index (Phi) is 2.04. The van der Waals surface area contributed by atoms with Crippen LogP contribution in [0.2, 0.25) is 0 Å². The quantitative estimate of drug-likeness (QED) is 0.652. The van der Waals surface area contributed by atoms with E-state index in [1.165, 1.54) is 28.0 Å². The Labute approximate surface area is 106 Å². The van der Waals surface area contributed by atoms with Crippen LogP contribution in [0.15, 0.2) is 23.8 Å². The predicted octanol–water partition coefficient (Wildman–Crippen LogP) is 2.15. The molecule has 0 bridgehead atoms. The molecule has 0 atom stereocenters. The van der Waals surface area contributed by atoms with E-state index in [4.69, 9.17) is 4.74 Å². The summed E-state index contributed by atoms with van der Waals surface area (Å²) >= 11 is 0. The molecule has 3 nitrogen and oxygen atoms in total. The van der Waals surface area contributed by atoms with Crippen molar-refractivity contribution < 1.29 is 9.53 Å². The highest BCUT2D eigenvalue weighted by Crippen LogP contribution is 2.42. The number of anilines is 1. The van der Waals surface area contributed by atoms with Crippen molar-refractivity contribution in [2.24, 2.45) is 0 Å². The van der Waals surface area contributed by atoms with Gasteiger partial charge in [-0.15, -0.1) is 0 Å². The summed E-state index contributed by atoms with van der Waals surface area (Å²) in [6.07, 6.45) is 2.60. The van der Waals surface area contributed by atoms with Gasteiger partial charge in [0.05, 0.1) is 6.42 Å². The zero-order chi connectivity index (χ0) is 12.1. The van der Waals surface area contributed by atoms with Gasteiger partial charge in [-0.1, -0.05) is 18.2 Å². The molecule has 0 N–H and O–H groups in total. The second kappa shape index (κ2) is 3.61. The second-order valence-electron chi connectivity index (χ2n) is 5.22. The molecular formula is C15H15NO2. The number of hydrogen-bond acceptors (Lipinski definition) is 3. The van der Waals surface area contributed by atoms with Crippen LogP contribution in [0.5, 0.6) is 0 Å². The fourth-order valence-corrected chi connectivity index (χ4v) is 3.35. The van der Waals surface area contributed by atoms with E-state index >= 15 is 0 Å². The highest BCUT2D eigenvalue weighted by atomic mass is 16.5. The fraction of sp³-hybridized carbons (Fsp3) is 0.400. The molecule has 0 amide bonds. The SMILES string of the molecule is O=C1CC2=C(CCN3CCc4cccc2c43)CO1. The Hall–Kier alpha value is -1.77. The third kappa shape index (κ3) is 1.33. The van der Waals surface area contributed by atoms with Gasteiger partial charge in [-0.3, -0.25) is 4.79 Å². The van der Waals surface area contributed by atoms with Gasteiger partial charge in [0.25, 0.3) is 0 Å². The maximum atomic E-state index is 11.6. The molecule has 0 saturated heterocycles. The third-order valence-electron chi connectivity index (χ3n) is 4.25. The summed E-state index contributed by atoms with van der Waals surface area (Å²) in [6.45, 7) is 2.66. The number of cyclic esters (lactones) is 1. The summed E-state index contributed by atoms with van der Waals surface area (Å²) < 4.78 is 5.19. The number of nitrogens with zero attached hydrogens (tertiary/aromatic N) is 1. The van der Waals surface area contributed by atoms with Crippen LogP contribution < -0.4 is 4.90 Å². The zero-order valence-electron chi connectivity index (χ0n) is 10.2. The standard InChI is InChI=1S/C15H15NO2/c17-14-8-13-11(9-18-14)5-7-16-6-4-10-2-1-3-12(13)15(10)16/h1-3H,4-9H2. The van der Waals surface area contributed by atoms with Gasteiger partial charge < -0.3 is 9.64 Å². The van der Waals surface area contributed by atoms with Gasteiger partial charge in [-0.05, 0) is 29.6 Å². The van der Waals surface area contributed by atoms with E-state index in [0.717, 1.165) is 25.9 Å². The van der Waals surface area contributed by atoms with Gasteiger partial charge in [-0.25, -0.2) is 0 Å². The summed E-state index contributed by atoms with van der Waals surface area (Å²) in [5, 5.41) is 0. The van der Waals surface area contributed by atoms with Crippen molar-refractivity contribution in [1.29, 1.82) is 0 Å². The van der Waals surface area contributed by atoms with Crippen LogP contribution in [0.4, 0.5) is 5.69 Å². The Morgan fingerprint density at radius 1 is 1.17 bits per heavy atom. The monoisotopic (exact) mass is 241 g/mol. The number of esters is 1. The van der Waals surface area contributed by atoms with Gasteiger partial charge in [0.1, 0.15) is 6.61 Å². The molecule has 0 aromatic heterocycles. The average Bonchev–Trinajstić information content (AvgIpc) is 2.73. The minimum absolute atomic E-state index is 0.0854. The number of hydrogen-bond donors (Lipinski definition) is 0. The molecule has 3 aliphatic rings. The molecule has 0 fully saturated rings. The number of carbonyl (C=O) groups excluding carboxylic acids is 1. The van der Waals surface area contributed by atoms with Crippen molar-refractivity contribution in [2.45, 2.75) is 19.3 Å². The molecule has 3 aliphatic heterocycles. The predicted molar refractivity (Wildman–Crippen MR) is 69.5 cm³/mol. The number of carbonyl (C=O) groups is 1. The van der Waals surface area contributed by atoms with Crippen LogP contribution in [0.1, 0.15) is 24.0 Å². The van der Waals surface area contributed by atoms with Gasteiger partial charge >= 0.3 is 5.97 Å². The van der Waals surface area contributed by atoms with Crippen molar-refractivity contribution in [1.82, 2.24) is 0 Å². The van der Waals surface area contributed by atoms with E-state index in [2.05, 4.69) is 23.1 Å². The van der Waals surface area contributed by atoms with E-state index in [1.807, 2.05) is 0 Å². The van der Waals surface area contributed by atoms with Gasteiger partial charge in [-0.2, -0.15) is 0 Å². The molecule has 3 heteroatoms. The van der Waals surface area contributed by atoms with Crippen molar-refractivity contribution >= 4 is 17.2 Å². The molecule has 3 heterocycles. The van der Waals surface area contributed by atoms with Crippen LogP contribution in [0, 0.1) is 0 Å². The molecule has 92 valence electrons. The van der Waals surface area contributed by atoms with Gasteiger partial charge in [0, 0.05) is 24.3 Å². The Morgan fingerprint density at radius 2 is 2.06 bits per heavy atom. The minimum Gasteiger partial charge on any atom is -0.461 e. The number of benzene rings is 1. The largest absolute Gasteiger partial charge is 0.461 e. The third-order valence-corrected chi connectivity index (χ3v) is 4.25. The fourth-order valence-electron chi connectivity index (χ4n) is 3.35. The molecule has 0 unspecified atom stereocenters. The van der Waals surface area contributed by atoms with Crippen LogP contribution in [-0.4, -0.2) is 25.7 Å². The maximum absolute atomic E-state index is 11.6. The number of ether oxygens (including phenoxy) is 1. The molecule has 0 aliphatic carbocycles. The van der Waals surface area contributed by atoms with Crippen molar-refractivity contribution in [3.63, 3.8) is 0 Å². The van der Waals surface area contributed by atoms with Crippen LogP contribution in [-0.2, 0) is 16.0 Å². The van der Waals surface area contributed by atoms with E-state index in [-0.39, 0.29) is 5.97 Å². The molecule has 1 aromatic rings. The number of para-hydroxylation sites is 1. The molecule has 18 heavy (non-hydrogen) atoms. The summed E-state index contributed by atoms with van der Waals surface area (Å²) in [4.78, 5) is 14.0. The summed E-state index contributed by atoms with van der Waals surface area (Å²) in [7, 11) is 0. The van der Waals surface area contributed by atoms with Gasteiger partial charge in [0.2, 0.25) is 0 Å². The van der Waals surface area contributed by atoms with E-state index < -0.39 is 0 Å². The zero-order valence-corrected chi connectivity index (χ0v) is 10.2. The molecule has 4 rings (SSSR count). The minimum atomic E-state index is -0.0854. The van der Waals surface area contributed by atoms with E-state index in [0.29, 0.717) is 13.0 Å². The molecule has 1 aromatic carbocycles. The van der Waals surface area contributed by atoms with Crippen LogP contribution >= 0.6 is 0 Å². The summed E-state index contributed by atoms with van der Waals surface area (Å²) in [5.74, 6) is -0.0854. The van der Waals surface area contributed by atoms with Crippen molar-refractivity contribution in [3.05, 3.63) is 34.9 Å². The molecular weight excluding hydrogens is 226 g/mol. The van der Waals surface area contributed by atoms with Gasteiger partial charge in [0.15, 0.2) is 0 Å². The first-order valence-electron chi connectivity index (χ1n) is 6.56. The maximum Gasteiger partial charge on any atom is 0.310 e. The Bertz CT molecular complexity index is 574. The Morgan fingerprint density at radius 3 is 3.00 bits per heavy atom. The Balaban J connectivity index is 1.94. The highest BCUT2D eigenvalue weighted by Gasteiger charge is 2.30. The van der Waals surface area contributed by atoms with E-state index in [1.54, 1.807) is 0 Å².